The smallest absolute Gasteiger partial charge is 0.180 e. The van der Waals surface area contributed by atoms with Crippen LogP contribution in [0.25, 0.3) is 0 Å². The van der Waals surface area contributed by atoms with Crippen LogP contribution in [0.15, 0.2) is 0 Å². The van der Waals surface area contributed by atoms with Gasteiger partial charge in [-0.25, -0.2) is 9.78 Å². The van der Waals surface area contributed by atoms with Crippen molar-refractivity contribution in [3.8, 4) is 0 Å². The second-order valence-electron chi connectivity index (χ2n) is 0.966. The van der Waals surface area contributed by atoms with Gasteiger partial charge >= 0.3 is 0 Å². The molecule has 0 bridgehead atoms. The van der Waals surface area contributed by atoms with Gasteiger partial charge in [-0.3, -0.25) is 0 Å². The summed E-state index contributed by atoms with van der Waals surface area (Å²) >= 11 is 0. The molecular weight excluding hydrogens is 281 g/mol. The van der Waals surface area contributed by atoms with E-state index in [1.54, 1.807) is 0 Å². The van der Waals surface area contributed by atoms with Crippen molar-refractivity contribution in [3.63, 3.8) is 0 Å². The van der Waals surface area contributed by atoms with Crippen LogP contribution in [0.5, 0.6) is 0 Å². The minimum atomic E-state index is 0. The van der Waals surface area contributed by atoms with Crippen molar-refractivity contribution in [3.05, 3.63) is 0 Å². The fourth-order valence-electron chi connectivity index (χ4n) is 0.279. The molecule has 0 spiro atoms. The van der Waals surface area contributed by atoms with Gasteiger partial charge in [-0.1, -0.05) is 0 Å². The van der Waals surface area contributed by atoms with Gasteiger partial charge in [0.15, 0.2) is 6.79 Å². The van der Waals surface area contributed by atoms with Crippen LogP contribution < -0.4 is 0 Å². The van der Waals surface area contributed by atoms with Crippen LogP contribution in [0.1, 0.15) is 0 Å². The fraction of sp³-hybridized carbons (Fsp3) is 1.00. The molecule has 0 N–H and O–H groups in total. The number of ether oxygens (including phenoxy) is 1. The van der Waals surface area contributed by atoms with Crippen molar-refractivity contribution in [1.29, 1.82) is 0 Å². The molecule has 0 aromatic heterocycles. The zero-order chi connectivity index (χ0) is 4.24. The Morgan fingerprint density at radius 3 is 2.00 bits per heavy atom. The van der Waals surface area contributed by atoms with Gasteiger partial charge in [0.05, 0.1) is 6.61 Å². The van der Waals surface area contributed by atoms with Crippen molar-refractivity contribution in [1.82, 2.24) is 0 Å². The van der Waals surface area contributed by atoms with E-state index in [0.29, 0.717) is 13.2 Å². The van der Waals surface area contributed by atoms with Crippen LogP contribution in [0.4, 0.5) is 0 Å². The molecule has 0 aromatic rings. The van der Waals surface area contributed by atoms with Crippen LogP contribution in [-0.4, -0.2) is 20.0 Å². The second-order valence-corrected chi connectivity index (χ2v) is 0.966. The number of hydrogen-bond donors (Lipinski definition) is 0. The fourth-order valence-corrected chi connectivity index (χ4v) is 0.279. The maximum absolute atomic E-state index is 4.72. The molecule has 3 nitrogen and oxygen atoms in total. The zero-order valence-corrected chi connectivity index (χ0v) is 5.81. The summed E-state index contributed by atoms with van der Waals surface area (Å²) in [5.41, 5.74) is 0. The Morgan fingerprint density at radius 2 is 1.86 bits per heavy atom. The summed E-state index contributed by atoms with van der Waals surface area (Å²) in [6, 6.07) is 0. The molecule has 1 heterocycles. The van der Waals surface area contributed by atoms with E-state index in [-0.39, 0.29) is 29.2 Å². The van der Waals surface area contributed by atoms with E-state index < -0.39 is 0 Å². The van der Waals surface area contributed by atoms with Crippen molar-refractivity contribution in [2.45, 2.75) is 0 Å². The molecule has 7 heavy (non-hydrogen) atoms. The average Bonchev–Trinajstić information content (AvgIpc) is 1.72. The molecule has 0 amide bonds. The van der Waals surface area contributed by atoms with E-state index >= 15 is 0 Å². The van der Waals surface area contributed by atoms with Crippen LogP contribution >= 0.6 is 0 Å². The van der Waals surface area contributed by atoms with Crippen molar-refractivity contribution in [2.24, 2.45) is 0 Å². The Balaban J connectivity index is 0.000000360. The van der Waals surface area contributed by atoms with E-state index in [2.05, 4.69) is 9.78 Å². The van der Waals surface area contributed by atoms with E-state index in [1.807, 2.05) is 0 Å². The summed E-state index contributed by atoms with van der Waals surface area (Å²) in [5, 5.41) is 0. The molecule has 1 saturated heterocycles. The van der Waals surface area contributed by atoms with E-state index in [1.165, 1.54) is 0 Å². The number of rotatable bonds is 0. The summed E-state index contributed by atoms with van der Waals surface area (Å²) in [5.74, 6) is 0. The minimum absolute atomic E-state index is 0. The molecule has 1 fully saturated rings. The molecule has 0 atom stereocenters. The minimum Gasteiger partial charge on any atom is -0.350 e. The summed E-state index contributed by atoms with van der Waals surface area (Å²) in [6.07, 6.45) is 0. The van der Waals surface area contributed by atoms with Gasteiger partial charge in [0, 0.05) is 22.4 Å². The molecule has 1 rings (SSSR count). The molecular formula is C3H6AuO3. The first-order valence-electron chi connectivity index (χ1n) is 1.82. The van der Waals surface area contributed by atoms with Gasteiger partial charge in [0.1, 0.15) is 6.61 Å². The van der Waals surface area contributed by atoms with Gasteiger partial charge in [0.2, 0.25) is 0 Å². The summed E-state index contributed by atoms with van der Waals surface area (Å²) in [7, 11) is 0. The van der Waals surface area contributed by atoms with Crippen molar-refractivity contribution < 1.29 is 36.9 Å². The molecule has 1 aliphatic heterocycles. The predicted molar refractivity (Wildman–Crippen MR) is 17.9 cm³/mol. The standard InChI is InChI=1S/C3H6O3.Au/c1-2-5-6-3-4-1;/h1-3H2;. The van der Waals surface area contributed by atoms with Gasteiger partial charge in [0.25, 0.3) is 0 Å². The Labute approximate surface area is 57.4 Å². The third kappa shape index (κ3) is 3.22. The first kappa shape index (κ1) is 7.62. The quantitative estimate of drug-likeness (QED) is 0.461. The van der Waals surface area contributed by atoms with Crippen LogP contribution in [-0.2, 0) is 36.9 Å². The molecule has 4 heteroatoms. The van der Waals surface area contributed by atoms with Crippen molar-refractivity contribution >= 4 is 0 Å². The van der Waals surface area contributed by atoms with Crippen molar-refractivity contribution in [2.75, 3.05) is 20.0 Å². The summed E-state index contributed by atoms with van der Waals surface area (Å²) < 4.78 is 4.72. The normalized spacial score (nSPS) is 20.6. The number of hydrogen-bond acceptors (Lipinski definition) is 3. The molecule has 1 radical (unpaired) electrons. The third-order valence-electron chi connectivity index (χ3n) is 0.526. The summed E-state index contributed by atoms with van der Waals surface area (Å²) in [4.78, 5) is 8.79. The maximum Gasteiger partial charge on any atom is 0.180 e. The van der Waals surface area contributed by atoms with Gasteiger partial charge in [-0.05, 0) is 0 Å². The van der Waals surface area contributed by atoms with Crippen LogP contribution in [0, 0.1) is 0 Å². The van der Waals surface area contributed by atoms with Gasteiger partial charge in [-0.2, -0.15) is 0 Å². The maximum atomic E-state index is 4.72. The van der Waals surface area contributed by atoms with E-state index in [9.17, 15) is 0 Å². The van der Waals surface area contributed by atoms with E-state index in [0.717, 1.165) is 0 Å². The second kappa shape index (κ2) is 4.77. The predicted octanol–water partition coefficient (Wildman–Crippen LogP) is -0.0802. The Bertz CT molecular complexity index is 25.7. The van der Waals surface area contributed by atoms with Gasteiger partial charge in [-0.15, -0.1) is 0 Å². The Hall–Kier alpha value is 0.620. The molecule has 0 unspecified atom stereocenters. The van der Waals surface area contributed by atoms with Crippen LogP contribution in [0.3, 0.4) is 0 Å². The topological polar surface area (TPSA) is 27.7 Å². The molecule has 0 aliphatic carbocycles. The first-order chi connectivity index (χ1) is 3.00. The largest absolute Gasteiger partial charge is 0.350 e. The zero-order valence-electron chi connectivity index (χ0n) is 3.65. The van der Waals surface area contributed by atoms with Crippen LogP contribution in [0.2, 0.25) is 0 Å². The van der Waals surface area contributed by atoms with E-state index in [4.69, 9.17) is 4.74 Å². The first-order valence-corrected chi connectivity index (χ1v) is 1.82. The summed E-state index contributed by atoms with van der Waals surface area (Å²) in [6.45, 7) is 1.49. The average molecular weight is 287 g/mol. The molecule has 47 valence electrons. The molecule has 1 aliphatic rings. The Morgan fingerprint density at radius 1 is 1.00 bits per heavy atom. The monoisotopic (exact) mass is 287 g/mol. The third-order valence-corrected chi connectivity index (χ3v) is 0.526. The van der Waals surface area contributed by atoms with Gasteiger partial charge < -0.3 is 4.74 Å². The Kier molecular flexibility index (Phi) is 5.19. The SMILES string of the molecule is C1COOCO1.[Au]. The molecule has 0 saturated carbocycles. The molecule has 0 aromatic carbocycles.